The van der Waals surface area contributed by atoms with Crippen LogP contribution in [0.1, 0.15) is 13.8 Å². The third-order valence-corrected chi connectivity index (χ3v) is 6.48. The Kier molecular flexibility index (Phi) is 5.26. The first-order valence-corrected chi connectivity index (χ1v) is 6.95. The summed E-state index contributed by atoms with van der Waals surface area (Å²) >= 11 is 2.99. The van der Waals surface area contributed by atoms with Crippen LogP contribution in [0.25, 0.3) is 0 Å². The van der Waals surface area contributed by atoms with Gasteiger partial charge in [0.2, 0.25) is 0 Å². The molecule has 0 aromatic rings. The molecule has 0 N–H and O–H groups in total. The van der Waals surface area contributed by atoms with Crippen LogP contribution >= 0.6 is 22.6 Å². The van der Waals surface area contributed by atoms with Crippen LogP contribution in [0.15, 0.2) is 0 Å². The fourth-order valence-corrected chi connectivity index (χ4v) is 2.99. The minimum absolute atomic E-state index is 0.497. The Hall–Kier alpha value is 1.46. The number of rotatable bonds is 2. The molecule has 2 heteroatoms. The van der Waals surface area contributed by atoms with Crippen molar-refractivity contribution in [2.75, 3.05) is 4.93 Å². The van der Waals surface area contributed by atoms with Crippen molar-refractivity contribution in [1.82, 2.24) is 0 Å². The van der Waals surface area contributed by atoms with Gasteiger partial charge in [-0.3, -0.25) is 0 Å². The fourth-order valence-electron chi connectivity index (χ4n) is 0.174. The predicted molar refractivity (Wildman–Crippen MR) is 38.9 cm³/mol. The Balaban J connectivity index is 3.14. The van der Waals surface area contributed by atoms with Crippen molar-refractivity contribution in [3.63, 3.8) is 0 Å². The van der Waals surface area contributed by atoms with Gasteiger partial charge in [-0.2, -0.15) is 0 Å². The number of hydrogen-bond acceptors (Lipinski definition) is 0. The summed E-state index contributed by atoms with van der Waals surface area (Å²) in [7, 11) is 0. The van der Waals surface area contributed by atoms with Crippen molar-refractivity contribution in [2.45, 2.75) is 21.7 Å². The first-order valence-electron chi connectivity index (χ1n) is 2.30. The van der Waals surface area contributed by atoms with Gasteiger partial charge in [0.25, 0.3) is 0 Å². The molecule has 0 saturated carbocycles. The molecule has 0 aromatic carbocycles. The summed E-state index contributed by atoms with van der Waals surface area (Å²) in [4.78, 5) is 2.35. The predicted octanol–water partition coefficient (Wildman–Crippen LogP) is -1.08. The summed E-state index contributed by atoms with van der Waals surface area (Å²) in [5.74, 6) is 0. The van der Waals surface area contributed by atoms with Crippen LogP contribution in [0.4, 0.5) is 0 Å². The van der Waals surface area contributed by atoms with Crippen LogP contribution in [0.2, 0.25) is 0 Å². The zero-order valence-corrected chi connectivity index (χ0v) is 9.23. The maximum atomic E-state index is 2.50. The zero-order chi connectivity index (χ0) is 5.86. The van der Waals surface area contributed by atoms with Gasteiger partial charge in [-0.25, -0.2) is 0 Å². The van der Waals surface area contributed by atoms with Gasteiger partial charge in [0, 0.05) is 0 Å². The molecule has 0 aliphatic carbocycles. The van der Waals surface area contributed by atoms with Gasteiger partial charge >= 0.3 is 70.4 Å². The van der Waals surface area contributed by atoms with Crippen molar-refractivity contribution in [1.29, 1.82) is 0 Å². The van der Waals surface area contributed by atoms with Gasteiger partial charge in [-0.1, -0.05) is 0 Å². The molecule has 0 aromatic heterocycles. The molecule has 0 rings (SSSR count). The standard InChI is InChI=1S/C5H11I2/c1-4(6)5(2)7-3/h4-5H,1-3H3/q-1. The van der Waals surface area contributed by atoms with Crippen molar-refractivity contribution >= 4 is 22.6 Å². The van der Waals surface area contributed by atoms with Crippen LogP contribution in [-0.4, -0.2) is 12.8 Å². The van der Waals surface area contributed by atoms with Crippen LogP contribution < -0.4 is 21.2 Å². The van der Waals surface area contributed by atoms with E-state index < -0.39 is 0 Å². The Bertz CT molecular complexity index is 43.3. The molecule has 46 valence electrons. The van der Waals surface area contributed by atoms with E-state index in [-0.39, 0.29) is 0 Å². The van der Waals surface area contributed by atoms with Crippen molar-refractivity contribution in [3.8, 4) is 0 Å². The molecule has 0 radical (unpaired) electrons. The molecule has 0 aliphatic heterocycles. The van der Waals surface area contributed by atoms with Gasteiger partial charge < -0.3 is 0 Å². The average Bonchev–Trinajstić information content (AvgIpc) is 1.65. The molecular weight excluding hydrogens is 314 g/mol. The second-order valence-electron chi connectivity index (χ2n) is 1.57. The topological polar surface area (TPSA) is 0 Å². The van der Waals surface area contributed by atoms with E-state index in [0.717, 1.165) is 7.85 Å². The van der Waals surface area contributed by atoms with E-state index >= 15 is 0 Å². The third kappa shape index (κ3) is 4.00. The van der Waals surface area contributed by atoms with E-state index in [0.29, 0.717) is 21.2 Å². The Morgan fingerprint density at radius 1 is 1.43 bits per heavy atom. The summed E-state index contributed by atoms with van der Waals surface area (Å²) in [5, 5.41) is 0. The normalized spacial score (nSPS) is 19.4. The van der Waals surface area contributed by atoms with Crippen LogP contribution in [0.3, 0.4) is 0 Å². The van der Waals surface area contributed by atoms with Crippen LogP contribution in [0.5, 0.6) is 0 Å². The van der Waals surface area contributed by atoms with E-state index in [1.807, 2.05) is 0 Å². The van der Waals surface area contributed by atoms with E-state index in [1.54, 1.807) is 0 Å². The average molecular weight is 325 g/mol. The first-order chi connectivity index (χ1) is 3.18. The summed E-state index contributed by atoms with van der Waals surface area (Å²) in [6, 6.07) is 0. The number of alkyl halides is 3. The number of halogens is 2. The van der Waals surface area contributed by atoms with Gasteiger partial charge in [-0.05, 0) is 0 Å². The summed E-state index contributed by atoms with van der Waals surface area (Å²) < 4.78 is 1.88. The Morgan fingerprint density at radius 3 is 1.86 bits per heavy atom. The Morgan fingerprint density at radius 2 is 1.86 bits per heavy atom. The maximum absolute atomic E-state index is 2.50. The zero-order valence-electron chi connectivity index (χ0n) is 4.91. The molecule has 2 unspecified atom stereocenters. The molecule has 0 fully saturated rings. The second kappa shape index (κ2) is 4.35. The molecule has 0 aliphatic rings. The van der Waals surface area contributed by atoms with Gasteiger partial charge in [0.05, 0.1) is 0 Å². The van der Waals surface area contributed by atoms with Crippen LogP contribution in [-0.2, 0) is 0 Å². The third-order valence-electron chi connectivity index (χ3n) is 0.977. The second-order valence-corrected chi connectivity index (χ2v) is 6.75. The molecule has 0 heterocycles. The van der Waals surface area contributed by atoms with E-state index in [4.69, 9.17) is 0 Å². The summed E-state index contributed by atoms with van der Waals surface area (Å²) in [6.45, 7) is 4.62. The summed E-state index contributed by atoms with van der Waals surface area (Å²) in [5.41, 5.74) is 0. The molecule has 0 bridgehead atoms. The van der Waals surface area contributed by atoms with E-state index in [2.05, 4.69) is 41.4 Å². The minimum atomic E-state index is 0.497. The van der Waals surface area contributed by atoms with Crippen molar-refractivity contribution in [2.24, 2.45) is 0 Å². The van der Waals surface area contributed by atoms with Crippen molar-refractivity contribution < 1.29 is 21.2 Å². The molecule has 7 heavy (non-hydrogen) atoms. The quantitative estimate of drug-likeness (QED) is 0.448. The van der Waals surface area contributed by atoms with Gasteiger partial charge in [0.1, 0.15) is 0 Å². The first kappa shape index (κ1) is 8.46. The van der Waals surface area contributed by atoms with Crippen LogP contribution in [0, 0.1) is 0 Å². The van der Waals surface area contributed by atoms with Gasteiger partial charge in [0.15, 0.2) is 0 Å². The van der Waals surface area contributed by atoms with E-state index in [9.17, 15) is 0 Å². The summed E-state index contributed by atoms with van der Waals surface area (Å²) in [6.07, 6.45) is 0. The van der Waals surface area contributed by atoms with E-state index in [1.165, 1.54) is 0 Å². The monoisotopic (exact) mass is 325 g/mol. The number of hydrogen-bond donors (Lipinski definition) is 0. The fraction of sp³-hybridized carbons (Fsp3) is 1.00. The molecule has 0 spiro atoms. The SMILES string of the molecule is C[I-]C(C)C(C)I. The molecule has 0 nitrogen and oxygen atoms in total. The van der Waals surface area contributed by atoms with Gasteiger partial charge in [-0.15, -0.1) is 0 Å². The molecule has 2 atom stereocenters. The van der Waals surface area contributed by atoms with Crippen molar-refractivity contribution in [3.05, 3.63) is 0 Å². The molecular formula is C5H11I2-. The molecule has 0 saturated heterocycles. The molecule has 0 amide bonds. The Labute approximate surface area is 69.8 Å².